The average Bonchev–Trinajstić information content (AvgIpc) is 2.72. The van der Waals surface area contributed by atoms with E-state index in [-0.39, 0.29) is 11.1 Å². The highest BCUT2D eigenvalue weighted by Crippen LogP contribution is 2.70. The van der Waals surface area contributed by atoms with E-state index in [1.807, 2.05) is 0 Å². The summed E-state index contributed by atoms with van der Waals surface area (Å²) in [5.41, 5.74) is 3.54. The molecule has 15 heavy (non-hydrogen) atoms. The Bertz CT molecular complexity index is 306. The molecule has 2 unspecified atom stereocenters. The largest absolute Gasteiger partial charge is 0.281 e. The molecule has 88 valence electrons. The Morgan fingerprint density at radius 2 is 1.33 bits per heavy atom. The monoisotopic (exact) mass is 267 g/mol. The van der Waals surface area contributed by atoms with Crippen LogP contribution in [0.4, 0.5) is 0 Å². The van der Waals surface area contributed by atoms with Crippen LogP contribution in [-0.2, 0) is 4.57 Å². The van der Waals surface area contributed by atoms with Gasteiger partial charge in [-0.05, 0) is 27.7 Å². The summed E-state index contributed by atoms with van der Waals surface area (Å²) < 4.78 is 16.3. The van der Waals surface area contributed by atoms with E-state index >= 15 is 0 Å². The Balaban J connectivity index is 1.84. The third-order valence-electron chi connectivity index (χ3n) is 2.63. The van der Waals surface area contributed by atoms with Crippen molar-refractivity contribution in [1.29, 1.82) is 0 Å². The lowest BCUT2D eigenvalue weighted by Crippen LogP contribution is -2.05. The molecule has 0 aromatic heterocycles. The average molecular weight is 267 g/mol. The van der Waals surface area contributed by atoms with Gasteiger partial charge < -0.3 is 0 Å². The molecule has 2 saturated heterocycles. The van der Waals surface area contributed by atoms with Crippen molar-refractivity contribution >= 4 is 28.8 Å². The lowest BCUT2D eigenvalue weighted by molar-refractivity contribution is 0.591. The van der Waals surface area contributed by atoms with Crippen LogP contribution in [0.5, 0.6) is 0 Å². The molecule has 0 aromatic carbocycles. The molecule has 0 amide bonds. The van der Waals surface area contributed by atoms with Crippen LogP contribution >= 0.6 is 28.8 Å². The van der Waals surface area contributed by atoms with Crippen molar-refractivity contribution in [3.8, 4) is 0 Å². The van der Waals surface area contributed by atoms with Gasteiger partial charge in [-0.2, -0.15) is 0 Å². The van der Waals surface area contributed by atoms with Crippen LogP contribution < -0.4 is 5.50 Å². The smallest absolute Gasteiger partial charge is 0.280 e. The van der Waals surface area contributed by atoms with E-state index in [1.165, 1.54) is 23.1 Å². The summed E-state index contributed by atoms with van der Waals surface area (Å²) in [5, 5.41) is 0. The SMILES string of the molecule is CC1(C)CN1SP(N)(=O)SN1CC1(C)C. The van der Waals surface area contributed by atoms with E-state index in [0.717, 1.165) is 13.1 Å². The van der Waals surface area contributed by atoms with Crippen LogP contribution in [-0.4, -0.2) is 32.8 Å². The molecule has 2 heterocycles. The van der Waals surface area contributed by atoms with Crippen LogP contribution in [0, 0.1) is 0 Å². The minimum atomic E-state index is -2.65. The van der Waals surface area contributed by atoms with E-state index in [0.29, 0.717) is 0 Å². The second kappa shape index (κ2) is 3.40. The molecule has 2 rings (SSSR count). The van der Waals surface area contributed by atoms with Crippen LogP contribution in [0.25, 0.3) is 0 Å². The highest BCUT2D eigenvalue weighted by Gasteiger charge is 2.51. The van der Waals surface area contributed by atoms with Crippen LogP contribution in [0.2, 0.25) is 0 Å². The summed E-state index contributed by atoms with van der Waals surface area (Å²) in [6, 6.07) is 0. The van der Waals surface area contributed by atoms with Crippen molar-refractivity contribution < 1.29 is 4.57 Å². The van der Waals surface area contributed by atoms with E-state index < -0.39 is 5.70 Å². The van der Waals surface area contributed by atoms with Gasteiger partial charge in [0.1, 0.15) is 0 Å². The Hall–Kier alpha value is 0.810. The third-order valence-corrected chi connectivity index (χ3v) is 8.47. The van der Waals surface area contributed by atoms with Crippen LogP contribution in [0.3, 0.4) is 0 Å². The fourth-order valence-corrected chi connectivity index (χ4v) is 8.10. The third kappa shape index (κ3) is 2.93. The number of hydrogen-bond acceptors (Lipinski definition) is 5. The molecule has 2 N–H and O–H groups in total. The molecule has 2 atom stereocenters. The first kappa shape index (κ1) is 12.3. The zero-order valence-electron chi connectivity index (χ0n) is 9.56. The molecule has 0 bridgehead atoms. The number of nitrogens with two attached hydrogens (primary N) is 1. The van der Waals surface area contributed by atoms with Crippen molar-refractivity contribution in [3.05, 3.63) is 0 Å². The lowest BCUT2D eigenvalue weighted by atomic mass is 10.2. The topological polar surface area (TPSA) is 49.1 Å². The predicted molar refractivity (Wildman–Crippen MR) is 68.5 cm³/mol. The molecule has 2 aliphatic rings. The molecular weight excluding hydrogens is 249 g/mol. The van der Waals surface area contributed by atoms with Crippen molar-refractivity contribution in [2.75, 3.05) is 13.1 Å². The molecule has 0 aromatic rings. The van der Waals surface area contributed by atoms with Gasteiger partial charge in [-0.25, -0.2) is 8.61 Å². The standard InChI is InChI=1S/C8H18N3OPS2/c1-7(2)5-10(7)14-13(9,12)15-11-6-8(11,3)4/h5-6H2,1-4H3,(H2,9,12). The second-order valence-corrected chi connectivity index (χ2v) is 12.6. The maximum atomic E-state index is 12.1. The van der Waals surface area contributed by atoms with Crippen molar-refractivity contribution in [2.45, 2.75) is 38.8 Å². The molecule has 0 saturated carbocycles. The van der Waals surface area contributed by atoms with Gasteiger partial charge in [0.25, 0.3) is 5.70 Å². The predicted octanol–water partition coefficient (Wildman–Crippen LogP) is 2.54. The van der Waals surface area contributed by atoms with Gasteiger partial charge in [0.15, 0.2) is 0 Å². The normalized spacial score (nSPS) is 39.5. The van der Waals surface area contributed by atoms with Gasteiger partial charge in [-0.1, -0.05) is 0 Å². The molecular formula is C8H18N3OPS2. The van der Waals surface area contributed by atoms with E-state index in [9.17, 15) is 4.57 Å². The summed E-state index contributed by atoms with van der Waals surface area (Å²) in [4.78, 5) is 0. The van der Waals surface area contributed by atoms with Crippen LogP contribution in [0.1, 0.15) is 27.7 Å². The summed E-state index contributed by atoms with van der Waals surface area (Å²) in [7, 11) is 0. The molecule has 0 spiro atoms. The molecule has 0 aliphatic carbocycles. The van der Waals surface area contributed by atoms with Gasteiger partial charge >= 0.3 is 0 Å². The zero-order valence-corrected chi connectivity index (χ0v) is 12.1. The van der Waals surface area contributed by atoms with Gasteiger partial charge in [0.05, 0.1) is 0 Å². The first-order chi connectivity index (χ1) is 6.62. The van der Waals surface area contributed by atoms with Gasteiger partial charge in [-0.3, -0.25) is 10.1 Å². The number of nitrogens with zero attached hydrogens (tertiary/aromatic N) is 2. The van der Waals surface area contributed by atoms with Gasteiger partial charge in [0, 0.05) is 47.3 Å². The van der Waals surface area contributed by atoms with Gasteiger partial charge in [-0.15, -0.1) is 0 Å². The minimum absolute atomic E-state index is 0.175. The lowest BCUT2D eigenvalue weighted by Gasteiger charge is -2.14. The Morgan fingerprint density at radius 1 is 1.07 bits per heavy atom. The van der Waals surface area contributed by atoms with E-state index in [2.05, 4.69) is 36.3 Å². The summed E-state index contributed by atoms with van der Waals surface area (Å²) in [6.45, 7) is 10.5. The summed E-state index contributed by atoms with van der Waals surface area (Å²) in [5.74, 6) is 0. The first-order valence-corrected chi connectivity index (χ1v) is 9.49. The molecule has 2 fully saturated rings. The highest BCUT2D eigenvalue weighted by molar-refractivity contribution is 8.89. The van der Waals surface area contributed by atoms with E-state index in [4.69, 9.17) is 5.50 Å². The quantitative estimate of drug-likeness (QED) is 0.480. The number of hydrogen-bond donors (Lipinski definition) is 1. The Kier molecular flexibility index (Phi) is 2.78. The second-order valence-electron chi connectivity index (χ2n) is 5.40. The van der Waals surface area contributed by atoms with Crippen LogP contribution in [0.15, 0.2) is 0 Å². The molecule has 2 aliphatic heterocycles. The Morgan fingerprint density at radius 3 is 1.53 bits per heavy atom. The fraction of sp³-hybridized carbons (Fsp3) is 1.00. The van der Waals surface area contributed by atoms with Gasteiger partial charge in [0.2, 0.25) is 0 Å². The molecule has 4 nitrogen and oxygen atoms in total. The first-order valence-electron chi connectivity index (χ1n) is 4.96. The Labute approximate surface area is 99.5 Å². The van der Waals surface area contributed by atoms with Crippen molar-refractivity contribution in [2.24, 2.45) is 5.50 Å². The zero-order chi connectivity index (χ0) is 11.5. The molecule has 7 heteroatoms. The summed E-state index contributed by atoms with van der Waals surface area (Å²) >= 11 is 2.66. The summed E-state index contributed by atoms with van der Waals surface area (Å²) in [6.07, 6.45) is 0. The maximum Gasteiger partial charge on any atom is 0.281 e. The number of rotatable bonds is 4. The van der Waals surface area contributed by atoms with Crippen molar-refractivity contribution in [1.82, 2.24) is 8.61 Å². The highest BCUT2D eigenvalue weighted by atomic mass is 33.1. The minimum Gasteiger partial charge on any atom is -0.280 e. The molecule has 0 radical (unpaired) electrons. The van der Waals surface area contributed by atoms with Crippen molar-refractivity contribution in [3.63, 3.8) is 0 Å². The van der Waals surface area contributed by atoms with E-state index in [1.54, 1.807) is 0 Å². The fourth-order valence-electron chi connectivity index (χ4n) is 1.20. The maximum absolute atomic E-state index is 12.1.